The molecule has 0 aliphatic carbocycles. The molecular formula is C10H14N2O3. The van der Waals surface area contributed by atoms with Crippen molar-refractivity contribution in [3.05, 3.63) is 28.3 Å². The van der Waals surface area contributed by atoms with Crippen LogP contribution in [0, 0.1) is 10.1 Å². The molecule has 0 unspecified atom stereocenters. The number of rotatable bonds is 5. The summed E-state index contributed by atoms with van der Waals surface area (Å²) in [7, 11) is 0. The van der Waals surface area contributed by atoms with Crippen molar-refractivity contribution in [3.8, 4) is 5.75 Å². The van der Waals surface area contributed by atoms with Crippen LogP contribution in [-0.2, 0) is 0 Å². The Labute approximate surface area is 88.2 Å². The molecule has 1 aromatic carbocycles. The van der Waals surface area contributed by atoms with Crippen LogP contribution < -0.4 is 10.1 Å². The molecule has 0 radical (unpaired) electrons. The number of hydrogen-bond acceptors (Lipinski definition) is 4. The Kier molecular flexibility index (Phi) is 3.91. The van der Waals surface area contributed by atoms with Gasteiger partial charge >= 0.3 is 0 Å². The smallest absolute Gasteiger partial charge is 0.292 e. The van der Waals surface area contributed by atoms with E-state index in [0.717, 1.165) is 0 Å². The molecular weight excluding hydrogens is 196 g/mol. The monoisotopic (exact) mass is 210 g/mol. The molecule has 0 aromatic heterocycles. The molecule has 0 heterocycles. The van der Waals surface area contributed by atoms with E-state index in [1.54, 1.807) is 12.1 Å². The van der Waals surface area contributed by atoms with Crippen LogP contribution >= 0.6 is 0 Å². The highest BCUT2D eigenvalue weighted by Gasteiger charge is 2.13. The van der Waals surface area contributed by atoms with Crippen LogP contribution in [0.4, 0.5) is 11.4 Å². The molecule has 0 amide bonds. The Balaban J connectivity index is 3.03. The van der Waals surface area contributed by atoms with E-state index in [2.05, 4.69) is 5.32 Å². The summed E-state index contributed by atoms with van der Waals surface area (Å²) in [4.78, 5) is 10.3. The number of benzene rings is 1. The number of nitro benzene ring substituents is 1. The van der Waals surface area contributed by atoms with Gasteiger partial charge in [0.1, 0.15) is 11.4 Å². The number of ether oxygens (including phenoxy) is 1. The Morgan fingerprint density at radius 2 is 2.20 bits per heavy atom. The number of anilines is 1. The van der Waals surface area contributed by atoms with Crippen LogP contribution in [0.2, 0.25) is 0 Å². The standard InChI is InChI=1S/C10H14N2O3/c1-3-11-9-7-8(15-4-2)5-6-10(9)12(13)14/h5-7,11H,3-4H2,1-2H3. The van der Waals surface area contributed by atoms with Crippen LogP contribution in [0.3, 0.4) is 0 Å². The van der Waals surface area contributed by atoms with Gasteiger partial charge in [-0.25, -0.2) is 0 Å². The highest BCUT2D eigenvalue weighted by molar-refractivity contribution is 5.64. The predicted octanol–water partition coefficient (Wildman–Crippen LogP) is 2.43. The molecule has 15 heavy (non-hydrogen) atoms. The fourth-order valence-corrected chi connectivity index (χ4v) is 1.26. The van der Waals surface area contributed by atoms with Crippen LogP contribution in [0.25, 0.3) is 0 Å². The van der Waals surface area contributed by atoms with Gasteiger partial charge < -0.3 is 10.1 Å². The molecule has 0 saturated heterocycles. The lowest BCUT2D eigenvalue weighted by molar-refractivity contribution is -0.384. The highest BCUT2D eigenvalue weighted by atomic mass is 16.6. The van der Waals surface area contributed by atoms with Crippen molar-refractivity contribution < 1.29 is 9.66 Å². The first-order valence-corrected chi connectivity index (χ1v) is 4.84. The fraction of sp³-hybridized carbons (Fsp3) is 0.400. The van der Waals surface area contributed by atoms with E-state index in [0.29, 0.717) is 24.6 Å². The van der Waals surface area contributed by atoms with E-state index in [-0.39, 0.29) is 5.69 Å². The van der Waals surface area contributed by atoms with Gasteiger partial charge in [-0.05, 0) is 19.9 Å². The van der Waals surface area contributed by atoms with Crippen molar-refractivity contribution in [2.24, 2.45) is 0 Å². The maximum Gasteiger partial charge on any atom is 0.292 e. The first-order valence-electron chi connectivity index (χ1n) is 4.84. The maximum atomic E-state index is 10.7. The van der Waals surface area contributed by atoms with Crippen molar-refractivity contribution in [2.75, 3.05) is 18.5 Å². The van der Waals surface area contributed by atoms with Crippen molar-refractivity contribution in [1.82, 2.24) is 0 Å². The minimum absolute atomic E-state index is 0.0697. The molecule has 1 N–H and O–H groups in total. The summed E-state index contributed by atoms with van der Waals surface area (Å²) in [6.45, 7) is 4.94. The van der Waals surface area contributed by atoms with Gasteiger partial charge in [-0.15, -0.1) is 0 Å². The van der Waals surface area contributed by atoms with Gasteiger partial charge in [-0.1, -0.05) is 0 Å². The van der Waals surface area contributed by atoms with E-state index < -0.39 is 4.92 Å². The predicted molar refractivity (Wildman–Crippen MR) is 58.4 cm³/mol. The summed E-state index contributed by atoms with van der Waals surface area (Å²) in [6.07, 6.45) is 0. The molecule has 5 nitrogen and oxygen atoms in total. The number of nitro groups is 1. The minimum Gasteiger partial charge on any atom is -0.494 e. The SMILES string of the molecule is CCNc1cc(OCC)ccc1[N+](=O)[O-]. The average molecular weight is 210 g/mol. The maximum absolute atomic E-state index is 10.7. The molecule has 0 saturated carbocycles. The molecule has 0 bridgehead atoms. The molecule has 1 rings (SSSR count). The second kappa shape index (κ2) is 5.19. The van der Waals surface area contributed by atoms with Crippen LogP contribution in [0.5, 0.6) is 5.75 Å². The largest absolute Gasteiger partial charge is 0.494 e. The lowest BCUT2D eigenvalue weighted by Crippen LogP contribution is -2.02. The van der Waals surface area contributed by atoms with Crippen molar-refractivity contribution >= 4 is 11.4 Å². The number of nitrogens with zero attached hydrogens (tertiary/aromatic N) is 1. The Bertz CT molecular complexity index is 353. The van der Waals surface area contributed by atoms with Gasteiger partial charge in [0, 0.05) is 18.7 Å². The van der Waals surface area contributed by atoms with Crippen LogP contribution in [0.1, 0.15) is 13.8 Å². The van der Waals surface area contributed by atoms with Crippen molar-refractivity contribution in [2.45, 2.75) is 13.8 Å². The number of nitrogens with one attached hydrogen (secondary N) is 1. The minimum atomic E-state index is -0.409. The van der Waals surface area contributed by atoms with Crippen LogP contribution in [-0.4, -0.2) is 18.1 Å². The summed E-state index contributed by atoms with van der Waals surface area (Å²) in [5.74, 6) is 0.638. The van der Waals surface area contributed by atoms with E-state index in [9.17, 15) is 10.1 Å². The summed E-state index contributed by atoms with van der Waals surface area (Å²) in [6, 6.07) is 4.69. The number of hydrogen-bond donors (Lipinski definition) is 1. The van der Waals surface area contributed by atoms with E-state index in [4.69, 9.17) is 4.74 Å². The van der Waals surface area contributed by atoms with E-state index >= 15 is 0 Å². The molecule has 5 heteroatoms. The van der Waals surface area contributed by atoms with Gasteiger partial charge in [0.25, 0.3) is 5.69 Å². The molecule has 0 atom stereocenters. The lowest BCUT2D eigenvalue weighted by atomic mass is 10.2. The van der Waals surface area contributed by atoms with Crippen LogP contribution in [0.15, 0.2) is 18.2 Å². The lowest BCUT2D eigenvalue weighted by Gasteiger charge is -2.07. The third kappa shape index (κ3) is 2.83. The van der Waals surface area contributed by atoms with E-state index in [1.165, 1.54) is 6.07 Å². The Hall–Kier alpha value is -1.78. The first-order chi connectivity index (χ1) is 7.19. The van der Waals surface area contributed by atoms with Crippen molar-refractivity contribution in [3.63, 3.8) is 0 Å². The molecule has 82 valence electrons. The average Bonchev–Trinajstić information content (AvgIpc) is 2.18. The zero-order valence-corrected chi connectivity index (χ0v) is 8.82. The van der Waals surface area contributed by atoms with Gasteiger partial charge in [0.05, 0.1) is 11.5 Å². The third-order valence-corrected chi connectivity index (χ3v) is 1.84. The molecule has 0 aliphatic rings. The van der Waals surface area contributed by atoms with Gasteiger partial charge in [-0.2, -0.15) is 0 Å². The molecule has 1 aromatic rings. The summed E-state index contributed by atoms with van der Waals surface area (Å²) >= 11 is 0. The highest BCUT2D eigenvalue weighted by Crippen LogP contribution is 2.28. The van der Waals surface area contributed by atoms with E-state index in [1.807, 2.05) is 13.8 Å². The Morgan fingerprint density at radius 3 is 2.73 bits per heavy atom. The second-order valence-electron chi connectivity index (χ2n) is 2.90. The molecule has 0 spiro atoms. The Morgan fingerprint density at radius 1 is 1.47 bits per heavy atom. The third-order valence-electron chi connectivity index (χ3n) is 1.84. The van der Waals surface area contributed by atoms with Gasteiger partial charge in [-0.3, -0.25) is 10.1 Å². The topological polar surface area (TPSA) is 64.4 Å². The summed E-state index contributed by atoms with van der Waals surface area (Å²) in [5, 5.41) is 13.6. The summed E-state index contributed by atoms with van der Waals surface area (Å²) in [5.41, 5.74) is 0.564. The second-order valence-corrected chi connectivity index (χ2v) is 2.90. The molecule has 0 fully saturated rings. The quantitative estimate of drug-likeness (QED) is 0.598. The molecule has 0 aliphatic heterocycles. The fourth-order valence-electron chi connectivity index (χ4n) is 1.26. The van der Waals surface area contributed by atoms with Gasteiger partial charge in [0.2, 0.25) is 0 Å². The van der Waals surface area contributed by atoms with Crippen molar-refractivity contribution in [1.29, 1.82) is 0 Å². The van der Waals surface area contributed by atoms with Gasteiger partial charge in [0.15, 0.2) is 0 Å². The zero-order valence-electron chi connectivity index (χ0n) is 8.82. The zero-order chi connectivity index (χ0) is 11.3. The first kappa shape index (κ1) is 11.3. The summed E-state index contributed by atoms with van der Waals surface area (Å²) < 4.78 is 5.26. The normalized spacial score (nSPS) is 9.73.